The van der Waals surface area contributed by atoms with E-state index < -0.39 is 6.04 Å². The molecule has 2 amide bonds. The fraction of sp³-hybridized carbons (Fsp3) is 0.310. The molecule has 178 valence electrons. The number of hydrogen-bond acceptors (Lipinski definition) is 3. The molecule has 3 aromatic carbocycles. The molecule has 0 heterocycles. The number of amides is 2. The van der Waals surface area contributed by atoms with Crippen molar-refractivity contribution in [2.45, 2.75) is 57.1 Å². The third-order valence-corrected chi connectivity index (χ3v) is 6.81. The van der Waals surface area contributed by atoms with Gasteiger partial charge in [0.15, 0.2) is 0 Å². The van der Waals surface area contributed by atoms with Crippen molar-refractivity contribution >= 4 is 23.6 Å². The largest absolute Gasteiger partial charge is 0.352 e. The number of thioether (sulfide) groups is 1. The van der Waals surface area contributed by atoms with Gasteiger partial charge in [-0.05, 0) is 43.5 Å². The summed E-state index contributed by atoms with van der Waals surface area (Å²) in [5.41, 5.74) is 3.18. The molecule has 0 spiro atoms. The van der Waals surface area contributed by atoms with Gasteiger partial charge >= 0.3 is 0 Å². The van der Waals surface area contributed by atoms with Crippen LogP contribution in [-0.2, 0) is 22.6 Å². The van der Waals surface area contributed by atoms with E-state index in [0.29, 0.717) is 13.0 Å². The quantitative estimate of drug-likeness (QED) is 0.366. The topological polar surface area (TPSA) is 49.4 Å². The minimum absolute atomic E-state index is 0.0420. The smallest absolute Gasteiger partial charge is 0.243 e. The van der Waals surface area contributed by atoms with E-state index >= 15 is 0 Å². The standard InChI is InChI=1S/C29H34N2O2S/c1-4-23(3)30-29(33)27(19-24-13-7-5-8-14-24)31(20-25-15-11-12-22(2)18-25)28(32)21-34-26-16-9-6-10-17-26/h5-18,23,27H,4,19-21H2,1-3H3,(H,30,33)/t23-,27+/m0/s1. The predicted octanol–water partition coefficient (Wildman–Crippen LogP) is 5.64. The van der Waals surface area contributed by atoms with Crippen molar-refractivity contribution in [1.82, 2.24) is 10.2 Å². The van der Waals surface area contributed by atoms with Gasteiger partial charge in [0.25, 0.3) is 0 Å². The molecule has 0 unspecified atom stereocenters. The Morgan fingerprint density at radius 1 is 0.912 bits per heavy atom. The molecular formula is C29H34N2O2S. The maximum Gasteiger partial charge on any atom is 0.243 e. The molecule has 0 fully saturated rings. The van der Waals surface area contributed by atoms with Gasteiger partial charge in [-0.3, -0.25) is 9.59 Å². The summed E-state index contributed by atoms with van der Waals surface area (Å²) in [5.74, 6) is 0.122. The minimum atomic E-state index is -0.596. The zero-order valence-electron chi connectivity index (χ0n) is 20.2. The lowest BCUT2D eigenvalue weighted by molar-refractivity contribution is -0.139. The normalized spacial score (nSPS) is 12.6. The van der Waals surface area contributed by atoms with Gasteiger partial charge in [-0.1, -0.05) is 85.3 Å². The fourth-order valence-corrected chi connectivity index (χ4v) is 4.55. The van der Waals surface area contributed by atoms with Crippen molar-refractivity contribution in [2.75, 3.05) is 5.75 Å². The summed E-state index contributed by atoms with van der Waals surface area (Å²) in [4.78, 5) is 29.9. The van der Waals surface area contributed by atoms with E-state index in [1.54, 1.807) is 4.90 Å². The van der Waals surface area contributed by atoms with Crippen LogP contribution in [0.5, 0.6) is 0 Å². The highest BCUT2D eigenvalue weighted by Gasteiger charge is 2.31. The van der Waals surface area contributed by atoms with Crippen LogP contribution in [0.2, 0.25) is 0 Å². The van der Waals surface area contributed by atoms with Crippen molar-refractivity contribution in [3.63, 3.8) is 0 Å². The second-order valence-electron chi connectivity index (χ2n) is 8.64. The van der Waals surface area contributed by atoms with Crippen molar-refractivity contribution in [2.24, 2.45) is 0 Å². The maximum absolute atomic E-state index is 13.6. The highest BCUT2D eigenvalue weighted by molar-refractivity contribution is 8.00. The summed E-state index contributed by atoms with van der Waals surface area (Å²) in [6.45, 7) is 6.47. The molecule has 0 aliphatic carbocycles. The number of rotatable bonds is 11. The van der Waals surface area contributed by atoms with Crippen LogP contribution < -0.4 is 5.32 Å². The van der Waals surface area contributed by atoms with Gasteiger partial charge in [0.05, 0.1) is 5.75 Å². The third kappa shape index (κ3) is 7.77. The number of carbonyl (C=O) groups is 2. The van der Waals surface area contributed by atoms with Gasteiger partial charge in [-0.25, -0.2) is 0 Å². The van der Waals surface area contributed by atoms with Gasteiger partial charge in [0, 0.05) is 23.9 Å². The second kappa shape index (κ2) is 13.0. The number of nitrogens with one attached hydrogen (secondary N) is 1. The lowest BCUT2D eigenvalue weighted by Crippen LogP contribution is -2.52. The van der Waals surface area contributed by atoms with Gasteiger partial charge in [-0.2, -0.15) is 0 Å². The van der Waals surface area contributed by atoms with Crippen LogP contribution in [0.1, 0.15) is 37.0 Å². The average Bonchev–Trinajstić information content (AvgIpc) is 2.85. The van der Waals surface area contributed by atoms with Gasteiger partial charge < -0.3 is 10.2 Å². The molecule has 5 heteroatoms. The maximum atomic E-state index is 13.6. The van der Waals surface area contributed by atoms with Crippen molar-refractivity contribution in [1.29, 1.82) is 0 Å². The van der Waals surface area contributed by atoms with Crippen LogP contribution in [0.4, 0.5) is 0 Å². The van der Waals surface area contributed by atoms with Gasteiger partial charge in [0.1, 0.15) is 6.04 Å². The first-order chi connectivity index (χ1) is 16.5. The van der Waals surface area contributed by atoms with Crippen LogP contribution in [-0.4, -0.2) is 34.6 Å². The molecule has 0 aliphatic heterocycles. The molecule has 2 atom stereocenters. The van der Waals surface area contributed by atoms with Crippen molar-refractivity contribution < 1.29 is 9.59 Å². The molecule has 0 aromatic heterocycles. The van der Waals surface area contributed by atoms with Crippen molar-refractivity contribution in [3.8, 4) is 0 Å². The SMILES string of the molecule is CC[C@H](C)NC(=O)[C@@H](Cc1ccccc1)N(Cc1cccc(C)c1)C(=O)CSc1ccccc1. The van der Waals surface area contributed by atoms with Crippen molar-refractivity contribution in [3.05, 3.63) is 102 Å². The minimum Gasteiger partial charge on any atom is -0.352 e. The first kappa shape index (κ1) is 25.6. The molecule has 34 heavy (non-hydrogen) atoms. The molecule has 1 N–H and O–H groups in total. The van der Waals surface area contributed by atoms with Crippen LogP contribution in [0.25, 0.3) is 0 Å². The van der Waals surface area contributed by atoms with E-state index in [1.165, 1.54) is 11.8 Å². The highest BCUT2D eigenvalue weighted by Crippen LogP contribution is 2.21. The molecular weight excluding hydrogens is 440 g/mol. The monoisotopic (exact) mass is 474 g/mol. The van der Waals surface area contributed by atoms with Crippen LogP contribution >= 0.6 is 11.8 Å². The van der Waals surface area contributed by atoms with E-state index in [9.17, 15) is 9.59 Å². The summed E-state index contributed by atoms with van der Waals surface area (Å²) in [7, 11) is 0. The summed E-state index contributed by atoms with van der Waals surface area (Å²) < 4.78 is 0. The average molecular weight is 475 g/mol. The Labute approximate surface area is 207 Å². The van der Waals surface area contributed by atoms with E-state index in [-0.39, 0.29) is 23.6 Å². The van der Waals surface area contributed by atoms with Gasteiger partial charge in [-0.15, -0.1) is 11.8 Å². The molecule has 0 radical (unpaired) electrons. The molecule has 0 saturated carbocycles. The van der Waals surface area contributed by atoms with E-state index in [0.717, 1.165) is 28.0 Å². The zero-order valence-corrected chi connectivity index (χ0v) is 21.1. The molecule has 0 bridgehead atoms. The number of aryl methyl sites for hydroxylation is 1. The summed E-state index contributed by atoms with van der Waals surface area (Å²) >= 11 is 1.50. The summed E-state index contributed by atoms with van der Waals surface area (Å²) in [6, 6.07) is 27.4. The number of carbonyl (C=O) groups excluding carboxylic acids is 2. The molecule has 0 aliphatic rings. The molecule has 0 saturated heterocycles. The Hall–Kier alpha value is -3.05. The second-order valence-corrected chi connectivity index (χ2v) is 9.68. The fourth-order valence-electron chi connectivity index (χ4n) is 3.75. The third-order valence-electron chi connectivity index (χ3n) is 5.81. The van der Waals surface area contributed by atoms with E-state index in [2.05, 4.69) is 11.4 Å². The summed E-state index contributed by atoms with van der Waals surface area (Å²) in [6.07, 6.45) is 1.30. The lowest BCUT2D eigenvalue weighted by Gasteiger charge is -2.32. The summed E-state index contributed by atoms with van der Waals surface area (Å²) in [5, 5.41) is 3.12. The van der Waals surface area contributed by atoms with Crippen LogP contribution in [0.3, 0.4) is 0 Å². The predicted molar refractivity (Wildman–Crippen MR) is 141 cm³/mol. The Morgan fingerprint density at radius 2 is 1.56 bits per heavy atom. The van der Waals surface area contributed by atoms with E-state index in [4.69, 9.17) is 0 Å². The van der Waals surface area contributed by atoms with Gasteiger partial charge in [0.2, 0.25) is 11.8 Å². The van der Waals surface area contributed by atoms with Crippen LogP contribution in [0, 0.1) is 6.92 Å². The highest BCUT2D eigenvalue weighted by atomic mass is 32.2. The first-order valence-electron chi connectivity index (χ1n) is 11.8. The first-order valence-corrected chi connectivity index (χ1v) is 12.8. The Kier molecular flexibility index (Phi) is 9.77. The van der Waals surface area contributed by atoms with Crippen LogP contribution in [0.15, 0.2) is 89.8 Å². The number of benzene rings is 3. The Morgan fingerprint density at radius 3 is 2.21 bits per heavy atom. The molecule has 3 aromatic rings. The lowest BCUT2D eigenvalue weighted by atomic mass is 10.0. The number of nitrogens with zero attached hydrogens (tertiary/aromatic N) is 1. The number of hydrogen-bond donors (Lipinski definition) is 1. The molecule has 3 rings (SSSR count). The Bertz CT molecular complexity index is 1060. The zero-order chi connectivity index (χ0) is 24.3. The molecule has 4 nitrogen and oxygen atoms in total. The van der Waals surface area contributed by atoms with E-state index in [1.807, 2.05) is 99.6 Å². The Balaban J connectivity index is 1.91.